The maximum Gasteiger partial charge on any atom is 0.0350 e. The fraction of sp³-hybridized carbons (Fsp3) is 0.167. The lowest BCUT2D eigenvalue weighted by Gasteiger charge is -1.89. The van der Waals surface area contributed by atoms with E-state index in [-0.39, 0.29) is 0 Å². The first-order chi connectivity index (χ1) is 5.93. The van der Waals surface area contributed by atoms with Crippen LogP contribution in [0.5, 0.6) is 0 Å². The van der Waals surface area contributed by atoms with E-state index in [0.29, 0.717) is 0 Å². The number of benzene rings is 1. The molecule has 0 heteroatoms. The van der Waals surface area contributed by atoms with Gasteiger partial charge in [0.2, 0.25) is 0 Å². The monoisotopic (exact) mass is 154 g/mol. The molecule has 0 aromatic heterocycles. The molecular formula is C12H10. The summed E-state index contributed by atoms with van der Waals surface area (Å²) in [5.74, 6) is 11.2. The molecule has 0 saturated carbocycles. The van der Waals surface area contributed by atoms with Gasteiger partial charge in [-0.25, -0.2) is 0 Å². The van der Waals surface area contributed by atoms with E-state index in [1.54, 1.807) is 6.92 Å². The molecule has 0 fully saturated rings. The van der Waals surface area contributed by atoms with E-state index in [0.717, 1.165) is 6.42 Å². The van der Waals surface area contributed by atoms with Crippen molar-refractivity contribution in [1.29, 1.82) is 0 Å². The summed E-state index contributed by atoms with van der Waals surface area (Å²) in [6, 6.07) is 10.2. The fourth-order valence-corrected chi connectivity index (χ4v) is 0.849. The quantitative estimate of drug-likeness (QED) is 0.544. The fourth-order valence-electron chi connectivity index (χ4n) is 0.849. The second kappa shape index (κ2) is 5.05. The Kier molecular flexibility index (Phi) is 3.55. The third-order valence-electron chi connectivity index (χ3n) is 1.41. The van der Waals surface area contributed by atoms with Crippen LogP contribution >= 0.6 is 0 Å². The molecule has 0 amide bonds. The molecule has 0 atom stereocenters. The van der Waals surface area contributed by atoms with Crippen molar-refractivity contribution in [2.45, 2.75) is 13.3 Å². The molecule has 0 saturated heterocycles. The maximum absolute atomic E-state index is 2.98. The molecule has 1 aromatic carbocycles. The van der Waals surface area contributed by atoms with Crippen LogP contribution in [0, 0.1) is 23.7 Å². The van der Waals surface area contributed by atoms with Crippen molar-refractivity contribution in [2.75, 3.05) is 0 Å². The highest BCUT2D eigenvalue weighted by Crippen LogP contribution is 1.97. The van der Waals surface area contributed by atoms with Gasteiger partial charge in [-0.3, -0.25) is 0 Å². The normalized spacial score (nSPS) is 7.42. The van der Waals surface area contributed by atoms with Crippen LogP contribution in [0.25, 0.3) is 0 Å². The predicted octanol–water partition coefficient (Wildman–Crippen LogP) is 2.26. The van der Waals surface area contributed by atoms with Crippen molar-refractivity contribution < 1.29 is 0 Å². The second-order valence-electron chi connectivity index (χ2n) is 2.34. The standard InChI is InChI=1S/C12H10/c1-2-3-4-6-9-12-10-7-5-8-11-12/h5,7-8,10-11H,9H2,1H3. The lowest BCUT2D eigenvalue weighted by atomic mass is 10.2. The van der Waals surface area contributed by atoms with Gasteiger partial charge < -0.3 is 0 Å². The van der Waals surface area contributed by atoms with Gasteiger partial charge in [-0.1, -0.05) is 42.2 Å². The van der Waals surface area contributed by atoms with Crippen molar-refractivity contribution in [1.82, 2.24) is 0 Å². The lowest BCUT2D eigenvalue weighted by Crippen LogP contribution is -1.77. The largest absolute Gasteiger partial charge is 0.0925 e. The molecule has 12 heavy (non-hydrogen) atoms. The number of hydrogen-bond donors (Lipinski definition) is 0. The zero-order chi connectivity index (χ0) is 8.65. The van der Waals surface area contributed by atoms with E-state index >= 15 is 0 Å². The third-order valence-corrected chi connectivity index (χ3v) is 1.41. The number of rotatable bonds is 1. The summed E-state index contributed by atoms with van der Waals surface area (Å²) in [6.45, 7) is 1.79. The maximum atomic E-state index is 2.98. The zero-order valence-electron chi connectivity index (χ0n) is 7.09. The molecule has 0 nitrogen and oxygen atoms in total. The van der Waals surface area contributed by atoms with Crippen LogP contribution in [0.1, 0.15) is 12.5 Å². The SMILES string of the molecule is CC#CC#CCc1ccccc1. The molecule has 0 N–H and O–H groups in total. The number of hydrogen-bond acceptors (Lipinski definition) is 0. The third kappa shape index (κ3) is 2.95. The van der Waals surface area contributed by atoms with Gasteiger partial charge in [-0.05, 0) is 24.3 Å². The zero-order valence-corrected chi connectivity index (χ0v) is 7.09. The van der Waals surface area contributed by atoms with Crippen molar-refractivity contribution >= 4 is 0 Å². The Balaban J connectivity index is 2.54. The summed E-state index contributed by atoms with van der Waals surface area (Å²) in [4.78, 5) is 0. The summed E-state index contributed by atoms with van der Waals surface area (Å²) in [5.41, 5.74) is 1.24. The first kappa shape index (κ1) is 8.44. The van der Waals surface area contributed by atoms with Gasteiger partial charge in [0.25, 0.3) is 0 Å². The Hall–Kier alpha value is -1.66. The van der Waals surface area contributed by atoms with E-state index in [2.05, 4.69) is 35.8 Å². The Morgan fingerprint density at radius 2 is 1.83 bits per heavy atom. The van der Waals surface area contributed by atoms with Gasteiger partial charge >= 0.3 is 0 Å². The minimum atomic E-state index is 0.787. The van der Waals surface area contributed by atoms with Gasteiger partial charge in [0.15, 0.2) is 0 Å². The molecule has 0 spiro atoms. The summed E-state index contributed by atoms with van der Waals surface area (Å²) < 4.78 is 0. The van der Waals surface area contributed by atoms with Crippen LogP contribution in [0.15, 0.2) is 30.3 Å². The van der Waals surface area contributed by atoms with Gasteiger partial charge in [0.1, 0.15) is 0 Å². The Morgan fingerprint density at radius 3 is 2.50 bits per heavy atom. The van der Waals surface area contributed by atoms with Crippen LogP contribution in [0.4, 0.5) is 0 Å². The summed E-state index contributed by atoms with van der Waals surface area (Å²) >= 11 is 0. The predicted molar refractivity (Wildman–Crippen MR) is 51.4 cm³/mol. The van der Waals surface area contributed by atoms with E-state index in [9.17, 15) is 0 Å². The van der Waals surface area contributed by atoms with E-state index in [4.69, 9.17) is 0 Å². The van der Waals surface area contributed by atoms with Crippen LogP contribution < -0.4 is 0 Å². The minimum absolute atomic E-state index is 0.787. The van der Waals surface area contributed by atoms with Gasteiger partial charge in [-0.2, -0.15) is 0 Å². The second-order valence-corrected chi connectivity index (χ2v) is 2.34. The Labute approximate surface area is 73.6 Å². The minimum Gasteiger partial charge on any atom is -0.0925 e. The topological polar surface area (TPSA) is 0 Å². The molecule has 0 unspecified atom stereocenters. The van der Waals surface area contributed by atoms with E-state index < -0.39 is 0 Å². The molecule has 0 aliphatic heterocycles. The average molecular weight is 154 g/mol. The Morgan fingerprint density at radius 1 is 1.08 bits per heavy atom. The van der Waals surface area contributed by atoms with Crippen LogP contribution in [0.3, 0.4) is 0 Å². The first-order valence-corrected chi connectivity index (χ1v) is 3.87. The molecule has 0 bridgehead atoms. The lowest BCUT2D eigenvalue weighted by molar-refractivity contribution is 1.32. The van der Waals surface area contributed by atoms with Crippen molar-refractivity contribution in [2.24, 2.45) is 0 Å². The van der Waals surface area contributed by atoms with Crippen molar-refractivity contribution in [3.05, 3.63) is 35.9 Å². The molecule has 58 valence electrons. The van der Waals surface area contributed by atoms with Gasteiger partial charge in [0.05, 0.1) is 0 Å². The molecule has 1 aromatic rings. The molecule has 1 rings (SSSR count). The highest BCUT2D eigenvalue weighted by atomic mass is 13.9. The average Bonchev–Trinajstić information content (AvgIpc) is 2.14. The van der Waals surface area contributed by atoms with Gasteiger partial charge in [0, 0.05) is 6.42 Å². The van der Waals surface area contributed by atoms with Crippen LogP contribution in [0.2, 0.25) is 0 Å². The van der Waals surface area contributed by atoms with Crippen molar-refractivity contribution in [3.63, 3.8) is 0 Å². The Bertz CT molecular complexity index is 338. The molecule has 0 heterocycles. The summed E-state index contributed by atoms with van der Waals surface area (Å²) in [7, 11) is 0. The highest BCUT2D eigenvalue weighted by molar-refractivity contribution is 5.28. The highest BCUT2D eigenvalue weighted by Gasteiger charge is 1.83. The molecule has 0 aliphatic rings. The van der Waals surface area contributed by atoms with Crippen molar-refractivity contribution in [3.8, 4) is 23.7 Å². The van der Waals surface area contributed by atoms with E-state index in [1.165, 1.54) is 5.56 Å². The van der Waals surface area contributed by atoms with E-state index in [1.807, 2.05) is 18.2 Å². The van der Waals surface area contributed by atoms with Gasteiger partial charge in [-0.15, -0.1) is 0 Å². The van der Waals surface area contributed by atoms with Crippen LogP contribution in [-0.2, 0) is 6.42 Å². The molecular weight excluding hydrogens is 144 g/mol. The molecule has 0 aliphatic carbocycles. The summed E-state index contributed by atoms with van der Waals surface area (Å²) in [6.07, 6.45) is 0.787. The smallest absolute Gasteiger partial charge is 0.0350 e. The van der Waals surface area contributed by atoms with Crippen LogP contribution in [-0.4, -0.2) is 0 Å². The summed E-state index contributed by atoms with van der Waals surface area (Å²) in [5, 5.41) is 0. The first-order valence-electron chi connectivity index (χ1n) is 3.87. The molecule has 0 radical (unpaired) electrons.